The summed E-state index contributed by atoms with van der Waals surface area (Å²) >= 11 is 1.48. The van der Waals surface area contributed by atoms with Gasteiger partial charge in [-0.25, -0.2) is 0 Å². The van der Waals surface area contributed by atoms with Crippen molar-refractivity contribution >= 4 is 41.4 Å². The van der Waals surface area contributed by atoms with E-state index in [-0.39, 0.29) is 29.8 Å². The van der Waals surface area contributed by atoms with Gasteiger partial charge in [0.25, 0.3) is 11.5 Å². The van der Waals surface area contributed by atoms with E-state index >= 15 is 0 Å². The summed E-state index contributed by atoms with van der Waals surface area (Å²) in [4.78, 5) is 50.4. The third-order valence-electron chi connectivity index (χ3n) is 5.85. The summed E-state index contributed by atoms with van der Waals surface area (Å²) in [5, 5.41) is 8.55. The number of anilines is 1. The summed E-state index contributed by atoms with van der Waals surface area (Å²) in [7, 11) is -2.55. The molecule has 10 nitrogen and oxygen atoms in total. The van der Waals surface area contributed by atoms with Crippen LogP contribution in [0.2, 0.25) is 0 Å². The van der Waals surface area contributed by atoms with Crippen molar-refractivity contribution in [3.8, 4) is 5.88 Å². The van der Waals surface area contributed by atoms with Crippen LogP contribution < -0.4 is 15.2 Å². The largest absolute Gasteiger partial charge is 0.480 e. The van der Waals surface area contributed by atoms with Crippen molar-refractivity contribution in [1.82, 2.24) is 14.8 Å². The number of hydrogen-bond acceptors (Lipinski definition) is 8. The van der Waals surface area contributed by atoms with Crippen LogP contribution in [0.5, 0.6) is 5.88 Å². The van der Waals surface area contributed by atoms with Crippen LogP contribution in [0.4, 0.5) is 5.82 Å². The number of methoxy groups -OCH3 is 1. The summed E-state index contributed by atoms with van der Waals surface area (Å²) < 4.78 is 17.4. The molecule has 0 unspecified atom stereocenters. The molecule has 176 valence electrons. The Hall–Kier alpha value is -2.59. The van der Waals surface area contributed by atoms with Gasteiger partial charge in [0.15, 0.2) is 0 Å². The first-order valence-electron chi connectivity index (χ1n) is 10.6. The summed E-state index contributed by atoms with van der Waals surface area (Å²) in [5.41, 5.74) is 0.253. The molecule has 1 fully saturated rings. The fourth-order valence-corrected chi connectivity index (χ4v) is 5.42. The Labute approximate surface area is 194 Å². The molecule has 0 aromatic carbocycles. The number of aromatic nitrogens is 3. The first-order chi connectivity index (χ1) is 15.7. The lowest BCUT2D eigenvalue weighted by Crippen LogP contribution is -2.35. The number of nitrogens with zero attached hydrogens (tertiary/aromatic N) is 4. The molecular formula is C21H25N4O6PS. The van der Waals surface area contributed by atoms with E-state index in [0.717, 1.165) is 23.1 Å². The van der Waals surface area contributed by atoms with Crippen LogP contribution in [-0.2, 0) is 11.0 Å². The highest BCUT2D eigenvalue weighted by Gasteiger charge is 2.25. The maximum atomic E-state index is 13.0. The maximum Gasteiger partial charge on any atom is 0.325 e. The van der Waals surface area contributed by atoms with Crippen LogP contribution in [0.1, 0.15) is 29.6 Å². The fraction of sp³-hybridized carbons (Fsp3) is 0.429. The van der Waals surface area contributed by atoms with Crippen molar-refractivity contribution in [2.75, 3.05) is 31.3 Å². The molecule has 12 heteroatoms. The van der Waals surface area contributed by atoms with Gasteiger partial charge in [0.1, 0.15) is 11.2 Å². The Bertz CT molecular complexity index is 1250. The summed E-state index contributed by atoms with van der Waals surface area (Å²) in [6.45, 7) is 1.36. The van der Waals surface area contributed by atoms with E-state index in [9.17, 15) is 14.2 Å². The summed E-state index contributed by atoms with van der Waals surface area (Å²) in [5.74, 6) is 0.593. The number of ether oxygens (including phenoxy) is 1. The maximum absolute atomic E-state index is 13.0. The van der Waals surface area contributed by atoms with Crippen molar-refractivity contribution in [3.63, 3.8) is 0 Å². The average Bonchev–Trinajstić information content (AvgIpc) is 3.30. The van der Waals surface area contributed by atoms with Crippen molar-refractivity contribution in [2.24, 2.45) is 5.92 Å². The van der Waals surface area contributed by atoms with Crippen molar-refractivity contribution in [1.29, 1.82) is 0 Å². The lowest BCUT2D eigenvalue weighted by atomic mass is 9.94. The van der Waals surface area contributed by atoms with Crippen LogP contribution >= 0.6 is 18.9 Å². The lowest BCUT2D eigenvalue weighted by Gasteiger charge is -2.33. The Morgan fingerprint density at radius 2 is 2.09 bits per heavy atom. The monoisotopic (exact) mass is 492 g/mol. The van der Waals surface area contributed by atoms with Crippen molar-refractivity contribution in [3.05, 3.63) is 45.0 Å². The molecule has 33 heavy (non-hydrogen) atoms. The first kappa shape index (κ1) is 23.6. The predicted octanol–water partition coefficient (Wildman–Crippen LogP) is 2.53. The van der Waals surface area contributed by atoms with Gasteiger partial charge in [-0.2, -0.15) is 26.1 Å². The average molecular weight is 492 g/mol. The molecule has 1 aliphatic heterocycles. The zero-order chi connectivity index (χ0) is 23.6. The number of fused-ring (bicyclic) bond motifs is 1. The SMILES string of the molecule is COc1nc(N2CCC(CCP(=O)(O)O)CC2)cc2cnn(C(=O)Cc3ccsc3)c(=O)c12. The standard InChI is InChI=1S/C21H25N4O6PS/c1-31-20-19-16(12-22-25(21(19)27)18(26)10-15-5-9-33-13-15)11-17(23-20)24-6-2-14(3-7-24)4-8-32(28,29)30/h5,9,11-14H,2-4,6-8,10H2,1H3,(H2,28,29,30). The van der Waals surface area contributed by atoms with Crippen LogP contribution in [0, 0.1) is 5.92 Å². The molecule has 0 saturated carbocycles. The molecule has 3 aromatic heterocycles. The second-order valence-electron chi connectivity index (χ2n) is 8.12. The molecule has 1 aliphatic rings. The smallest absolute Gasteiger partial charge is 0.325 e. The molecule has 0 spiro atoms. The highest BCUT2D eigenvalue weighted by Crippen LogP contribution is 2.38. The zero-order valence-electron chi connectivity index (χ0n) is 18.1. The van der Waals surface area contributed by atoms with E-state index in [1.807, 2.05) is 16.8 Å². The second-order valence-corrected chi connectivity index (χ2v) is 10.7. The number of hydrogen-bond donors (Lipinski definition) is 2. The van der Waals surface area contributed by atoms with Crippen molar-refractivity contribution < 1.29 is 23.9 Å². The molecule has 2 N–H and O–H groups in total. The van der Waals surface area contributed by atoms with Gasteiger partial charge in [-0.3, -0.25) is 14.2 Å². The Kier molecular flexibility index (Phi) is 6.94. The number of rotatable bonds is 7. The number of carbonyl (C=O) groups excluding carboxylic acids is 1. The molecule has 4 rings (SSSR count). The second kappa shape index (κ2) is 9.72. The number of carbonyl (C=O) groups is 1. The van der Waals surface area contributed by atoms with Gasteiger partial charge >= 0.3 is 7.60 Å². The molecule has 0 amide bonds. The topological polar surface area (TPSA) is 135 Å². The fourth-order valence-electron chi connectivity index (χ4n) is 4.05. The number of thiophene rings is 1. The van der Waals surface area contributed by atoms with Gasteiger partial charge in [-0.1, -0.05) is 0 Å². The van der Waals surface area contributed by atoms with E-state index in [1.165, 1.54) is 24.6 Å². The Morgan fingerprint density at radius 3 is 2.73 bits per heavy atom. The van der Waals surface area contributed by atoms with E-state index in [0.29, 0.717) is 30.7 Å². The molecule has 0 atom stereocenters. The number of piperidine rings is 1. The van der Waals surface area contributed by atoms with E-state index in [2.05, 4.69) is 15.0 Å². The van der Waals surface area contributed by atoms with Gasteiger partial charge in [0, 0.05) is 18.5 Å². The molecule has 0 bridgehead atoms. The minimum atomic E-state index is -3.98. The highest BCUT2D eigenvalue weighted by atomic mass is 32.1. The number of pyridine rings is 1. The Morgan fingerprint density at radius 1 is 1.33 bits per heavy atom. The van der Waals surface area contributed by atoms with Crippen LogP contribution in [0.25, 0.3) is 10.8 Å². The lowest BCUT2D eigenvalue weighted by molar-refractivity contribution is 0.0893. The van der Waals surface area contributed by atoms with Gasteiger partial charge in [0.2, 0.25) is 5.88 Å². The molecule has 1 saturated heterocycles. The summed E-state index contributed by atoms with van der Waals surface area (Å²) in [6.07, 6.45) is 3.53. The van der Waals surface area contributed by atoms with Crippen molar-refractivity contribution in [2.45, 2.75) is 25.7 Å². The predicted molar refractivity (Wildman–Crippen MR) is 125 cm³/mol. The molecule has 3 aromatic rings. The first-order valence-corrected chi connectivity index (χ1v) is 13.3. The van der Waals surface area contributed by atoms with Gasteiger partial charge in [-0.15, -0.1) is 0 Å². The third kappa shape index (κ3) is 5.50. The minimum Gasteiger partial charge on any atom is -0.480 e. The van der Waals surface area contributed by atoms with Gasteiger partial charge < -0.3 is 19.4 Å². The van der Waals surface area contributed by atoms with Gasteiger partial charge in [0.05, 0.1) is 25.9 Å². The molecule has 0 radical (unpaired) electrons. The van der Waals surface area contributed by atoms with Crippen LogP contribution in [0.15, 0.2) is 33.9 Å². The quantitative estimate of drug-likeness (QED) is 0.477. The van der Waals surface area contributed by atoms with E-state index in [4.69, 9.17) is 14.5 Å². The van der Waals surface area contributed by atoms with E-state index < -0.39 is 19.1 Å². The molecule has 0 aliphatic carbocycles. The minimum absolute atomic E-state index is 0.0761. The van der Waals surface area contributed by atoms with Crippen LogP contribution in [0.3, 0.4) is 0 Å². The molecule has 4 heterocycles. The zero-order valence-corrected chi connectivity index (χ0v) is 19.8. The highest BCUT2D eigenvalue weighted by molar-refractivity contribution is 7.51. The third-order valence-corrected chi connectivity index (χ3v) is 7.43. The van der Waals surface area contributed by atoms with Crippen LogP contribution in [-0.4, -0.2) is 56.8 Å². The normalized spacial score (nSPS) is 15.2. The van der Waals surface area contributed by atoms with E-state index in [1.54, 1.807) is 6.07 Å². The van der Waals surface area contributed by atoms with Gasteiger partial charge in [-0.05, 0) is 53.6 Å². The Balaban J connectivity index is 1.55. The summed E-state index contributed by atoms with van der Waals surface area (Å²) in [6, 6.07) is 3.59. The molecular weight excluding hydrogens is 467 g/mol.